The topological polar surface area (TPSA) is 173 Å². The number of hydrogen-bond acceptors (Lipinski definition) is 7. The van der Waals surface area contributed by atoms with Crippen LogP contribution in [0.15, 0.2) is 29.2 Å². The van der Waals surface area contributed by atoms with Gasteiger partial charge in [-0.25, -0.2) is 8.42 Å². The Balaban J connectivity index is 2.72. The van der Waals surface area contributed by atoms with Crippen molar-refractivity contribution in [2.75, 3.05) is 5.75 Å². The Morgan fingerprint density at radius 2 is 1.70 bits per heavy atom. The largest absolute Gasteiger partial charge is 0.480 e. The van der Waals surface area contributed by atoms with Crippen LogP contribution in [0.1, 0.15) is 10.4 Å². The number of hydrazine groups is 1. The highest BCUT2D eigenvalue weighted by Crippen LogP contribution is 2.12. The molecule has 23 heavy (non-hydrogen) atoms. The molecule has 1 aromatic carbocycles. The van der Waals surface area contributed by atoms with E-state index in [1.807, 2.05) is 0 Å². The van der Waals surface area contributed by atoms with E-state index in [9.17, 15) is 30.3 Å². The number of hydrogen-bond donors (Lipinski definition) is 4. The standard InChI is InChI=1S/C10H12FN3O7S2/c11-23(20,21)7-3-1-6(2-4-7)9(15)13-14-22(18,19)5-8(12)10(16)17/h1-4,8,14H,5,12H2,(H,13,15)(H,16,17)/t8-/m0/s1. The fourth-order valence-electron chi connectivity index (χ4n) is 1.31. The van der Waals surface area contributed by atoms with Gasteiger partial charge in [-0.2, -0.15) is 8.42 Å². The van der Waals surface area contributed by atoms with Gasteiger partial charge in [0.2, 0.25) is 10.0 Å². The Morgan fingerprint density at radius 3 is 2.13 bits per heavy atom. The van der Waals surface area contributed by atoms with E-state index in [0.717, 1.165) is 24.3 Å². The van der Waals surface area contributed by atoms with Gasteiger partial charge >= 0.3 is 16.2 Å². The number of amides is 1. The quantitative estimate of drug-likeness (QED) is 0.326. The van der Waals surface area contributed by atoms with Crippen molar-refractivity contribution < 1.29 is 35.4 Å². The molecule has 1 aromatic rings. The zero-order valence-electron chi connectivity index (χ0n) is 11.3. The second-order valence-electron chi connectivity index (χ2n) is 4.24. The highest BCUT2D eigenvalue weighted by Gasteiger charge is 2.22. The number of nitrogens with two attached hydrogens (primary N) is 1. The lowest BCUT2D eigenvalue weighted by Crippen LogP contribution is -2.47. The molecule has 1 rings (SSSR count). The number of sulfonamides is 1. The molecule has 128 valence electrons. The third-order valence-corrected chi connectivity index (χ3v) is 4.48. The highest BCUT2D eigenvalue weighted by atomic mass is 32.3. The molecule has 13 heteroatoms. The van der Waals surface area contributed by atoms with Crippen LogP contribution in [0.25, 0.3) is 0 Å². The SMILES string of the molecule is N[C@@H](CS(=O)(=O)NNC(=O)c1ccc(S(=O)(=O)F)cc1)C(=O)O. The summed E-state index contributed by atoms with van der Waals surface area (Å²) in [4.78, 5) is 23.1. The maximum Gasteiger partial charge on any atom is 0.332 e. The van der Waals surface area contributed by atoms with Gasteiger partial charge < -0.3 is 10.8 Å². The summed E-state index contributed by atoms with van der Waals surface area (Å²) in [5.74, 6) is -3.48. The smallest absolute Gasteiger partial charge is 0.332 e. The molecule has 0 saturated heterocycles. The van der Waals surface area contributed by atoms with Crippen molar-refractivity contribution in [2.24, 2.45) is 5.73 Å². The van der Waals surface area contributed by atoms with Crippen molar-refractivity contribution in [1.82, 2.24) is 10.3 Å². The van der Waals surface area contributed by atoms with Crippen molar-refractivity contribution in [1.29, 1.82) is 0 Å². The molecule has 0 fully saturated rings. The van der Waals surface area contributed by atoms with Crippen molar-refractivity contribution in [3.05, 3.63) is 29.8 Å². The maximum atomic E-state index is 12.7. The van der Waals surface area contributed by atoms with E-state index in [1.165, 1.54) is 0 Å². The van der Waals surface area contributed by atoms with Crippen molar-refractivity contribution in [3.63, 3.8) is 0 Å². The second kappa shape index (κ2) is 6.99. The lowest BCUT2D eigenvalue weighted by molar-refractivity contribution is -0.137. The van der Waals surface area contributed by atoms with Crippen LogP contribution in [0.3, 0.4) is 0 Å². The normalized spacial score (nSPS) is 13.3. The predicted octanol–water partition coefficient (Wildman–Crippen LogP) is -1.68. The van der Waals surface area contributed by atoms with Crippen molar-refractivity contribution in [3.8, 4) is 0 Å². The number of carbonyl (C=O) groups is 2. The molecule has 0 aliphatic rings. The minimum Gasteiger partial charge on any atom is -0.480 e. The fraction of sp³-hybridized carbons (Fsp3) is 0.200. The summed E-state index contributed by atoms with van der Waals surface area (Å²) < 4.78 is 56.8. The first-order valence-corrected chi connectivity index (χ1v) is 8.79. The molecule has 1 atom stereocenters. The van der Waals surface area contributed by atoms with Crippen LogP contribution in [0.5, 0.6) is 0 Å². The van der Waals surface area contributed by atoms with Gasteiger partial charge in [-0.15, -0.1) is 8.72 Å². The zero-order valence-corrected chi connectivity index (χ0v) is 12.9. The van der Waals surface area contributed by atoms with Gasteiger partial charge in [0.1, 0.15) is 6.04 Å². The summed E-state index contributed by atoms with van der Waals surface area (Å²) in [7, 11) is -9.12. The Bertz CT molecular complexity index is 805. The average molecular weight is 369 g/mol. The van der Waals surface area contributed by atoms with E-state index < -0.39 is 48.8 Å². The van der Waals surface area contributed by atoms with Gasteiger partial charge in [0.15, 0.2) is 0 Å². The van der Waals surface area contributed by atoms with Crippen LogP contribution >= 0.6 is 0 Å². The molecular formula is C10H12FN3O7S2. The Kier molecular flexibility index (Phi) is 5.76. The molecule has 0 unspecified atom stereocenters. The molecule has 1 amide bonds. The molecule has 0 radical (unpaired) electrons. The number of carboxylic acids is 1. The van der Waals surface area contributed by atoms with E-state index in [4.69, 9.17) is 10.8 Å². The molecule has 0 saturated carbocycles. The first kappa shape index (κ1) is 19.0. The fourth-order valence-corrected chi connectivity index (χ4v) is 2.72. The molecule has 0 aliphatic carbocycles. The van der Waals surface area contributed by atoms with Crippen LogP contribution in [-0.2, 0) is 25.0 Å². The predicted molar refractivity (Wildman–Crippen MR) is 74.7 cm³/mol. The van der Waals surface area contributed by atoms with Crippen LogP contribution in [0.4, 0.5) is 3.89 Å². The van der Waals surface area contributed by atoms with Crippen LogP contribution < -0.4 is 16.0 Å². The summed E-state index contributed by atoms with van der Waals surface area (Å²) in [6.45, 7) is 0. The number of benzene rings is 1. The van der Waals surface area contributed by atoms with Gasteiger partial charge in [-0.05, 0) is 24.3 Å². The number of rotatable bonds is 7. The van der Waals surface area contributed by atoms with Crippen molar-refractivity contribution in [2.45, 2.75) is 10.9 Å². The Labute approximate surface area is 130 Å². The Hall–Kier alpha value is -2.09. The summed E-state index contributed by atoms with van der Waals surface area (Å²) in [6.07, 6.45) is 0. The molecule has 0 heterocycles. The minimum atomic E-state index is -4.92. The third kappa shape index (κ3) is 5.90. The number of aliphatic carboxylic acids is 1. The first-order chi connectivity index (χ1) is 10.4. The van der Waals surface area contributed by atoms with Gasteiger partial charge in [0.25, 0.3) is 5.91 Å². The lowest BCUT2D eigenvalue weighted by Gasteiger charge is -2.10. The number of carbonyl (C=O) groups excluding carboxylic acids is 1. The summed E-state index contributed by atoms with van der Waals surface area (Å²) in [6, 6.07) is 1.87. The van der Waals surface area contributed by atoms with E-state index in [2.05, 4.69) is 0 Å². The molecular weight excluding hydrogens is 357 g/mol. The molecule has 0 spiro atoms. The zero-order chi connectivity index (χ0) is 17.8. The van der Waals surface area contributed by atoms with Gasteiger partial charge in [0.05, 0.1) is 10.6 Å². The van der Waals surface area contributed by atoms with E-state index in [1.54, 1.807) is 10.3 Å². The first-order valence-electron chi connectivity index (χ1n) is 5.75. The molecule has 0 aromatic heterocycles. The van der Waals surface area contributed by atoms with E-state index in [-0.39, 0.29) is 5.56 Å². The average Bonchev–Trinajstić information content (AvgIpc) is 2.43. The molecule has 0 bridgehead atoms. The minimum absolute atomic E-state index is 0.164. The Morgan fingerprint density at radius 1 is 1.17 bits per heavy atom. The van der Waals surface area contributed by atoms with Gasteiger partial charge in [-0.1, -0.05) is 0 Å². The highest BCUT2D eigenvalue weighted by molar-refractivity contribution is 7.89. The van der Waals surface area contributed by atoms with Crippen LogP contribution in [0, 0.1) is 0 Å². The second-order valence-corrected chi connectivity index (χ2v) is 7.36. The van der Waals surface area contributed by atoms with E-state index in [0.29, 0.717) is 0 Å². The van der Waals surface area contributed by atoms with Crippen LogP contribution in [-0.4, -0.2) is 45.6 Å². The van der Waals surface area contributed by atoms with Gasteiger partial charge in [0, 0.05) is 5.56 Å². The monoisotopic (exact) mass is 369 g/mol. The number of carboxylic acid groups (broad SMARTS) is 1. The maximum absolute atomic E-state index is 12.7. The third-order valence-electron chi connectivity index (χ3n) is 2.43. The summed E-state index contributed by atoms with van der Waals surface area (Å²) in [5, 5.41) is 8.51. The summed E-state index contributed by atoms with van der Waals surface area (Å²) >= 11 is 0. The van der Waals surface area contributed by atoms with Gasteiger partial charge in [-0.3, -0.25) is 15.0 Å². The number of nitrogens with one attached hydrogen (secondary N) is 2. The molecule has 5 N–H and O–H groups in total. The molecule has 0 aliphatic heterocycles. The number of halogens is 1. The summed E-state index contributed by atoms with van der Waals surface area (Å²) in [5.41, 5.74) is 6.66. The molecule has 10 nitrogen and oxygen atoms in total. The lowest BCUT2D eigenvalue weighted by atomic mass is 10.2. The van der Waals surface area contributed by atoms with E-state index >= 15 is 0 Å². The van der Waals surface area contributed by atoms with Crippen LogP contribution in [0.2, 0.25) is 0 Å². The van der Waals surface area contributed by atoms with Crippen molar-refractivity contribution >= 4 is 32.1 Å².